The summed E-state index contributed by atoms with van der Waals surface area (Å²) in [6.07, 6.45) is 2.46. The van der Waals surface area contributed by atoms with Gasteiger partial charge in [0.25, 0.3) is 5.91 Å². The molecule has 0 aliphatic carbocycles. The zero-order chi connectivity index (χ0) is 16.9. The number of rotatable bonds is 4. The summed E-state index contributed by atoms with van der Waals surface area (Å²) in [4.78, 5) is 20.9. The van der Waals surface area contributed by atoms with Crippen molar-refractivity contribution in [1.29, 1.82) is 0 Å². The predicted molar refractivity (Wildman–Crippen MR) is 93.6 cm³/mol. The molecule has 0 bridgehead atoms. The largest absolute Gasteiger partial charge is 0.378 e. The van der Waals surface area contributed by atoms with Crippen LogP contribution in [0.1, 0.15) is 24.5 Å². The van der Waals surface area contributed by atoms with E-state index in [9.17, 15) is 9.90 Å². The topological polar surface area (TPSA) is 56.7 Å². The van der Waals surface area contributed by atoms with E-state index >= 15 is 0 Å². The van der Waals surface area contributed by atoms with Crippen molar-refractivity contribution >= 4 is 11.7 Å². The number of aliphatic hydroxyl groups excluding tert-OH is 1. The standard InChI is InChI=1S/C19H23N3O2/c1-21(19(24)18(23)15-7-3-2-4-8-15)16-10-13-22(14-11-16)17-9-5-6-12-20-17/h2-9,12,16,18,23H,10-11,13-14H2,1H3. The van der Waals surface area contributed by atoms with Crippen LogP contribution in [0.2, 0.25) is 0 Å². The van der Waals surface area contributed by atoms with Crippen LogP contribution in [-0.4, -0.2) is 47.1 Å². The highest BCUT2D eigenvalue weighted by atomic mass is 16.3. The molecule has 1 N–H and O–H groups in total. The van der Waals surface area contributed by atoms with Gasteiger partial charge >= 0.3 is 0 Å². The second-order valence-corrected chi connectivity index (χ2v) is 6.17. The number of aliphatic hydroxyl groups is 1. The van der Waals surface area contributed by atoms with Gasteiger partial charge in [-0.2, -0.15) is 0 Å². The summed E-state index contributed by atoms with van der Waals surface area (Å²) in [6, 6.07) is 15.1. The molecule has 1 aromatic heterocycles. The first-order valence-corrected chi connectivity index (χ1v) is 8.32. The monoisotopic (exact) mass is 325 g/mol. The second-order valence-electron chi connectivity index (χ2n) is 6.17. The van der Waals surface area contributed by atoms with Crippen molar-refractivity contribution in [2.24, 2.45) is 0 Å². The Morgan fingerprint density at radius 1 is 1.17 bits per heavy atom. The van der Waals surface area contributed by atoms with E-state index in [4.69, 9.17) is 0 Å². The van der Waals surface area contributed by atoms with Crippen LogP contribution in [0.25, 0.3) is 0 Å². The molecular weight excluding hydrogens is 302 g/mol. The molecule has 1 fully saturated rings. The molecule has 1 aliphatic rings. The highest BCUT2D eigenvalue weighted by Crippen LogP contribution is 2.23. The van der Waals surface area contributed by atoms with Gasteiger partial charge in [0.1, 0.15) is 5.82 Å². The van der Waals surface area contributed by atoms with Crippen LogP contribution >= 0.6 is 0 Å². The zero-order valence-electron chi connectivity index (χ0n) is 13.9. The van der Waals surface area contributed by atoms with Gasteiger partial charge in [0.05, 0.1) is 0 Å². The van der Waals surface area contributed by atoms with E-state index in [0.29, 0.717) is 5.56 Å². The van der Waals surface area contributed by atoms with Crippen molar-refractivity contribution in [1.82, 2.24) is 9.88 Å². The number of benzene rings is 1. The molecule has 0 radical (unpaired) electrons. The number of hydrogen-bond donors (Lipinski definition) is 1. The molecule has 126 valence electrons. The average Bonchev–Trinajstić information content (AvgIpc) is 2.68. The predicted octanol–water partition coefficient (Wildman–Crippen LogP) is 2.24. The Bertz CT molecular complexity index is 655. The van der Waals surface area contributed by atoms with Crippen LogP contribution < -0.4 is 4.90 Å². The number of carbonyl (C=O) groups is 1. The maximum absolute atomic E-state index is 12.5. The lowest BCUT2D eigenvalue weighted by Crippen LogP contribution is -2.47. The van der Waals surface area contributed by atoms with Crippen LogP contribution in [-0.2, 0) is 4.79 Å². The van der Waals surface area contributed by atoms with Crippen LogP contribution in [0.3, 0.4) is 0 Å². The van der Waals surface area contributed by atoms with Crippen molar-refractivity contribution in [2.75, 3.05) is 25.0 Å². The minimum atomic E-state index is -1.09. The molecule has 2 heterocycles. The number of carbonyl (C=O) groups excluding carboxylic acids is 1. The molecule has 1 unspecified atom stereocenters. The quantitative estimate of drug-likeness (QED) is 0.937. The third-order valence-corrected chi connectivity index (χ3v) is 4.68. The highest BCUT2D eigenvalue weighted by molar-refractivity contribution is 5.82. The fourth-order valence-corrected chi connectivity index (χ4v) is 3.17. The minimum Gasteiger partial charge on any atom is -0.378 e. The van der Waals surface area contributed by atoms with Gasteiger partial charge in [-0.05, 0) is 30.5 Å². The molecule has 5 nitrogen and oxygen atoms in total. The SMILES string of the molecule is CN(C(=O)C(O)c1ccccc1)C1CCN(c2ccccn2)CC1. The summed E-state index contributed by atoms with van der Waals surface area (Å²) in [7, 11) is 1.79. The number of pyridine rings is 1. The van der Waals surface area contributed by atoms with Crippen molar-refractivity contribution in [3.8, 4) is 0 Å². The first-order chi connectivity index (χ1) is 11.7. The highest BCUT2D eigenvalue weighted by Gasteiger charge is 2.29. The first-order valence-electron chi connectivity index (χ1n) is 8.32. The molecular formula is C19H23N3O2. The summed E-state index contributed by atoms with van der Waals surface area (Å²) in [5, 5.41) is 10.3. The van der Waals surface area contributed by atoms with Crippen LogP contribution in [0, 0.1) is 0 Å². The lowest BCUT2D eigenvalue weighted by Gasteiger charge is -2.38. The van der Waals surface area contributed by atoms with E-state index in [1.165, 1.54) is 0 Å². The van der Waals surface area contributed by atoms with Gasteiger partial charge in [-0.25, -0.2) is 4.98 Å². The van der Waals surface area contributed by atoms with Crippen molar-refractivity contribution < 1.29 is 9.90 Å². The van der Waals surface area contributed by atoms with E-state index in [1.54, 1.807) is 30.3 Å². The molecule has 1 amide bonds. The number of piperidine rings is 1. The Labute approximate surface area is 142 Å². The second kappa shape index (κ2) is 7.45. The van der Waals surface area contributed by atoms with Crippen LogP contribution in [0.5, 0.6) is 0 Å². The van der Waals surface area contributed by atoms with Crippen molar-refractivity contribution in [3.05, 3.63) is 60.3 Å². The number of hydrogen-bond acceptors (Lipinski definition) is 4. The maximum Gasteiger partial charge on any atom is 0.256 e. The van der Waals surface area contributed by atoms with Gasteiger partial charge in [-0.1, -0.05) is 36.4 Å². The summed E-state index contributed by atoms with van der Waals surface area (Å²) >= 11 is 0. The Hall–Kier alpha value is -2.40. The third-order valence-electron chi connectivity index (χ3n) is 4.68. The van der Waals surface area contributed by atoms with Gasteiger partial charge in [0, 0.05) is 32.4 Å². The van der Waals surface area contributed by atoms with Crippen LogP contribution in [0.4, 0.5) is 5.82 Å². The summed E-state index contributed by atoms with van der Waals surface area (Å²) in [5.74, 6) is 0.742. The fraction of sp³-hybridized carbons (Fsp3) is 0.368. The minimum absolute atomic E-state index is 0.149. The number of amides is 1. The average molecular weight is 325 g/mol. The van der Waals surface area contributed by atoms with Gasteiger partial charge in [-0.3, -0.25) is 4.79 Å². The van der Waals surface area contributed by atoms with Gasteiger partial charge < -0.3 is 14.9 Å². The van der Waals surface area contributed by atoms with Gasteiger partial charge in [-0.15, -0.1) is 0 Å². The Balaban J connectivity index is 1.58. The summed E-state index contributed by atoms with van der Waals surface area (Å²) in [6.45, 7) is 1.72. The number of nitrogens with zero attached hydrogens (tertiary/aromatic N) is 3. The van der Waals surface area contributed by atoms with Gasteiger partial charge in [0.15, 0.2) is 6.10 Å². The summed E-state index contributed by atoms with van der Waals surface area (Å²) < 4.78 is 0. The number of anilines is 1. The smallest absolute Gasteiger partial charge is 0.256 e. The molecule has 1 atom stereocenters. The molecule has 5 heteroatoms. The zero-order valence-corrected chi connectivity index (χ0v) is 13.9. The molecule has 2 aromatic rings. The molecule has 1 aromatic carbocycles. The molecule has 1 saturated heterocycles. The van der Waals surface area contributed by atoms with E-state index in [-0.39, 0.29) is 11.9 Å². The first kappa shape index (κ1) is 16.5. The van der Waals surface area contributed by atoms with Crippen LogP contribution in [0.15, 0.2) is 54.7 Å². The van der Waals surface area contributed by atoms with Gasteiger partial charge in [0.2, 0.25) is 0 Å². The molecule has 3 rings (SSSR count). The number of aromatic nitrogens is 1. The van der Waals surface area contributed by atoms with E-state index in [0.717, 1.165) is 31.7 Å². The van der Waals surface area contributed by atoms with E-state index < -0.39 is 6.10 Å². The lowest BCUT2D eigenvalue weighted by molar-refractivity contribution is -0.141. The summed E-state index contributed by atoms with van der Waals surface area (Å²) in [5.41, 5.74) is 0.639. The van der Waals surface area contributed by atoms with Crippen molar-refractivity contribution in [2.45, 2.75) is 25.0 Å². The molecule has 24 heavy (non-hydrogen) atoms. The third kappa shape index (κ3) is 3.57. The van der Waals surface area contributed by atoms with E-state index in [1.807, 2.05) is 36.4 Å². The Morgan fingerprint density at radius 3 is 2.46 bits per heavy atom. The molecule has 0 saturated carbocycles. The molecule has 0 spiro atoms. The van der Waals surface area contributed by atoms with Crippen molar-refractivity contribution in [3.63, 3.8) is 0 Å². The lowest BCUT2D eigenvalue weighted by atomic mass is 10.0. The Morgan fingerprint density at radius 2 is 1.83 bits per heavy atom. The normalized spacial score (nSPS) is 16.7. The fourth-order valence-electron chi connectivity index (χ4n) is 3.17. The Kier molecular flexibility index (Phi) is 5.11. The number of likely N-dealkylation sites (N-methyl/N-ethyl adjacent to an activating group) is 1. The maximum atomic E-state index is 12.5. The molecule has 1 aliphatic heterocycles. The van der Waals surface area contributed by atoms with E-state index in [2.05, 4.69) is 9.88 Å².